The van der Waals surface area contributed by atoms with Gasteiger partial charge in [-0.1, -0.05) is 29.8 Å². The van der Waals surface area contributed by atoms with Crippen LogP contribution in [0.5, 0.6) is 5.75 Å². The van der Waals surface area contributed by atoms with Crippen LogP contribution in [0.1, 0.15) is 18.1 Å². The van der Waals surface area contributed by atoms with E-state index in [1.54, 1.807) is 18.2 Å². The fourth-order valence-corrected chi connectivity index (χ4v) is 2.47. The van der Waals surface area contributed by atoms with Gasteiger partial charge in [-0.25, -0.2) is 0 Å². The third-order valence-electron chi connectivity index (χ3n) is 3.81. The number of anilines is 1. The predicted octanol–water partition coefficient (Wildman–Crippen LogP) is 3.02. The molecule has 0 spiro atoms. The van der Waals surface area contributed by atoms with Crippen LogP contribution < -0.4 is 10.1 Å². The summed E-state index contributed by atoms with van der Waals surface area (Å²) in [5.41, 5.74) is 1.40. The van der Waals surface area contributed by atoms with Gasteiger partial charge in [0.2, 0.25) is 0 Å². The highest BCUT2D eigenvalue weighted by Crippen LogP contribution is 2.24. The average Bonchev–Trinajstić information content (AvgIpc) is 2.62. The lowest BCUT2D eigenvalue weighted by atomic mass is 10.1. The van der Waals surface area contributed by atoms with E-state index < -0.39 is 22.9 Å². The first-order chi connectivity index (χ1) is 12.8. The summed E-state index contributed by atoms with van der Waals surface area (Å²) in [5, 5.41) is 13.4. The lowest BCUT2D eigenvalue weighted by Crippen LogP contribution is -2.30. The van der Waals surface area contributed by atoms with Crippen LogP contribution in [-0.4, -0.2) is 30.0 Å². The Morgan fingerprint density at radius 1 is 1.22 bits per heavy atom. The van der Waals surface area contributed by atoms with E-state index in [-0.39, 0.29) is 17.8 Å². The lowest BCUT2D eigenvalue weighted by molar-refractivity contribution is -0.383. The number of nitro benzene ring substituents is 1. The third kappa shape index (κ3) is 5.27. The average molecular weight is 372 g/mol. The monoisotopic (exact) mass is 372 g/mol. The molecular weight excluding hydrogens is 352 g/mol. The van der Waals surface area contributed by atoms with Gasteiger partial charge in [-0.15, -0.1) is 0 Å². The number of methoxy groups -OCH3 is 1. The first kappa shape index (κ1) is 19.9. The van der Waals surface area contributed by atoms with Crippen LogP contribution >= 0.6 is 0 Å². The summed E-state index contributed by atoms with van der Waals surface area (Å²) < 4.78 is 10.4. The van der Waals surface area contributed by atoms with Crippen LogP contribution in [0.3, 0.4) is 0 Å². The Morgan fingerprint density at radius 3 is 2.59 bits per heavy atom. The molecule has 1 N–H and O–H groups in total. The molecule has 2 aromatic rings. The molecule has 142 valence electrons. The fourth-order valence-electron chi connectivity index (χ4n) is 2.47. The summed E-state index contributed by atoms with van der Waals surface area (Å²) in [6.45, 7) is 3.28. The SMILES string of the molecule is COc1ccc(C)cc1CC(=O)O[C@@H](C)C(=O)Nc1ccccc1[N+](=O)[O-]. The number of benzene rings is 2. The van der Waals surface area contributed by atoms with E-state index in [1.807, 2.05) is 13.0 Å². The molecule has 8 nitrogen and oxygen atoms in total. The molecule has 0 saturated carbocycles. The van der Waals surface area contributed by atoms with Gasteiger partial charge in [-0.2, -0.15) is 0 Å². The zero-order valence-corrected chi connectivity index (χ0v) is 15.2. The fraction of sp³-hybridized carbons (Fsp3) is 0.263. The van der Waals surface area contributed by atoms with Crippen molar-refractivity contribution in [2.24, 2.45) is 0 Å². The lowest BCUT2D eigenvalue weighted by Gasteiger charge is -2.14. The number of nitro groups is 1. The molecule has 1 atom stereocenters. The summed E-state index contributed by atoms with van der Waals surface area (Å²) >= 11 is 0. The molecule has 1 amide bonds. The summed E-state index contributed by atoms with van der Waals surface area (Å²) in [5.74, 6) is -0.715. The maximum Gasteiger partial charge on any atom is 0.311 e. The van der Waals surface area contributed by atoms with Crippen LogP contribution in [0.15, 0.2) is 42.5 Å². The molecule has 2 rings (SSSR count). The molecular formula is C19H20N2O6. The van der Waals surface area contributed by atoms with Crippen molar-refractivity contribution in [3.05, 3.63) is 63.7 Å². The van der Waals surface area contributed by atoms with Crippen LogP contribution in [0.2, 0.25) is 0 Å². The Bertz CT molecular complexity index is 865. The molecule has 0 aliphatic rings. The molecule has 0 saturated heterocycles. The van der Waals surface area contributed by atoms with E-state index in [1.165, 1.54) is 32.2 Å². The number of hydrogen-bond acceptors (Lipinski definition) is 6. The number of carbonyl (C=O) groups excluding carboxylic acids is 2. The Balaban J connectivity index is 2.01. The van der Waals surface area contributed by atoms with Crippen LogP contribution in [0.4, 0.5) is 11.4 Å². The second kappa shape index (κ2) is 8.79. The number of hydrogen-bond donors (Lipinski definition) is 1. The smallest absolute Gasteiger partial charge is 0.311 e. The number of aryl methyl sites for hydroxylation is 1. The molecule has 0 bridgehead atoms. The van der Waals surface area contributed by atoms with Gasteiger partial charge in [0.15, 0.2) is 6.10 Å². The van der Waals surface area contributed by atoms with Crippen LogP contribution in [0, 0.1) is 17.0 Å². The minimum atomic E-state index is -1.12. The highest BCUT2D eigenvalue weighted by atomic mass is 16.6. The van der Waals surface area contributed by atoms with Gasteiger partial charge in [0.05, 0.1) is 18.5 Å². The number of nitrogens with zero attached hydrogens (tertiary/aromatic N) is 1. The van der Waals surface area contributed by atoms with Crippen LogP contribution in [-0.2, 0) is 20.7 Å². The van der Waals surface area contributed by atoms with Crippen molar-refractivity contribution in [1.82, 2.24) is 0 Å². The highest BCUT2D eigenvalue weighted by molar-refractivity contribution is 5.97. The molecule has 27 heavy (non-hydrogen) atoms. The van der Waals surface area contributed by atoms with Gasteiger partial charge in [0.1, 0.15) is 11.4 Å². The first-order valence-corrected chi connectivity index (χ1v) is 8.19. The molecule has 0 aromatic heterocycles. The van der Waals surface area contributed by atoms with Crippen molar-refractivity contribution in [2.45, 2.75) is 26.4 Å². The van der Waals surface area contributed by atoms with Crippen molar-refractivity contribution in [3.63, 3.8) is 0 Å². The number of esters is 1. The number of amides is 1. The van der Waals surface area contributed by atoms with E-state index in [9.17, 15) is 19.7 Å². The van der Waals surface area contributed by atoms with Gasteiger partial charge in [-0.05, 0) is 26.0 Å². The Labute approximate surface area is 156 Å². The normalized spacial score (nSPS) is 11.4. The van der Waals surface area contributed by atoms with Crippen molar-refractivity contribution in [3.8, 4) is 5.75 Å². The Hall–Kier alpha value is -3.42. The molecule has 0 radical (unpaired) electrons. The number of para-hydroxylation sites is 2. The maximum atomic E-state index is 12.2. The number of ether oxygens (including phenoxy) is 2. The van der Waals surface area contributed by atoms with Gasteiger partial charge >= 0.3 is 5.97 Å². The summed E-state index contributed by atoms with van der Waals surface area (Å²) in [7, 11) is 1.50. The van der Waals surface area contributed by atoms with E-state index in [0.29, 0.717) is 11.3 Å². The molecule has 0 fully saturated rings. The molecule has 0 aliphatic heterocycles. The molecule has 0 unspecified atom stereocenters. The van der Waals surface area contributed by atoms with Gasteiger partial charge < -0.3 is 14.8 Å². The quantitative estimate of drug-likeness (QED) is 0.455. The topological polar surface area (TPSA) is 108 Å². The maximum absolute atomic E-state index is 12.2. The highest BCUT2D eigenvalue weighted by Gasteiger charge is 2.22. The van der Waals surface area contributed by atoms with E-state index >= 15 is 0 Å². The van der Waals surface area contributed by atoms with Gasteiger partial charge in [0, 0.05) is 11.6 Å². The minimum Gasteiger partial charge on any atom is -0.496 e. The zero-order chi connectivity index (χ0) is 20.0. The molecule has 0 heterocycles. The zero-order valence-electron chi connectivity index (χ0n) is 15.2. The summed E-state index contributed by atoms with van der Waals surface area (Å²) in [4.78, 5) is 34.8. The minimum absolute atomic E-state index is 0.0377. The predicted molar refractivity (Wildman–Crippen MR) is 98.7 cm³/mol. The van der Waals surface area contributed by atoms with Crippen molar-refractivity contribution in [1.29, 1.82) is 0 Å². The first-order valence-electron chi connectivity index (χ1n) is 8.19. The number of rotatable bonds is 7. The van der Waals surface area contributed by atoms with E-state index in [0.717, 1.165) is 5.56 Å². The third-order valence-corrected chi connectivity index (χ3v) is 3.81. The van der Waals surface area contributed by atoms with E-state index in [4.69, 9.17) is 9.47 Å². The molecule has 0 aliphatic carbocycles. The van der Waals surface area contributed by atoms with Crippen molar-refractivity contribution < 1.29 is 24.0 Å². The Kier molecular flexibility index (Phi) is 6.48. The van der Waals surface area contributed by atoms with Crippen LogP contribution in [0.25, 0.3) is 0 Å². The second-order valence-electron chi connectivity index (χ2n) is 5.89. The second-order valence-corrected chi connectivity index (χ2v) is 5.89. The van der Waals surface area contributed by atoms with Crippen molar-refractivity contribution in [2.75, 3.05) is 12.4 Å². The number of carbonyl (C=O) groups is 2. The standard InChI is InChI=1S/C19H20N2O6/c1-12-8-9-17(26-3)14(10-12)11-18(22)27-13(2)19(23)20-15-6-4-5-7-16(15)21(24)25/h4-10,13H,11H2,1-3H3,(H,20,23)/t13-/m0/s1. The van der Waals surface area contributed by atoms with Crippen molar-refractivity contribution >= 4 is 23.3 Å². The number of nitrogens with one attached hydrogen (secondary N) is 1. The largest absolute Gasteiger partial charge is 0.496 e. The summed E-state index contributed by atoms with van der Waals surface area (Å²) in [6.07, 6.45) is -1.18. The van der Waals surface area contributed by atoms with E-state index in [2.05, 4.69) is 5.32 Å². The van der Waals surface area contributed by atoms with Gasteiger partial charge in [-0.3, -0.25) is 19.7 Å². The molecule has 8 heteroatoms. The molecule has 2 aromatic carbocycles. The Morgan fingerprint density at radius 2 is 1.93 bits per heavy atom. The summed E-state index contributed by atoms with van der Waals surface area (Å²) in [6, 6.07) is 11.1. The van der Waals surface area contributed by atoms with Gasteiger partial charge in [0.25, 0.3) is 11.6 Å².